The number of nitrogens with zero attached hydrogens (tertiary/aromatic N) is 4. The van der Waals surface area contributed by atoms with Crippen molar-refractivity contribution in [2.24, 2.45) is 5.41 Å². The molecule has 0 bridgehead atoms. The van der Waals surface area contributed by atoms with Crippen LogP contribution in [0.3, 0.4) is 0 Å². The predicted molar refractivity (Wildman–Crippen MR) is 95.9 cm³/mol. The number of methoxy groups -OCH3 is 1. The molecule has 2 saturated heterocycles. The van der Waals surface area contributed by atoms with Crippen molar-refractivity contribution in [1.29, 1.82) is 0 Å². The van der Waals surface area contributed by atoms with E-state index in [2.05, 4.69) is 14.9 Å². The van der Waals surface area contributed by atoms with Crippen LogP contribution in [0.5, 0.6) is 5.75 Å². The second-order valence-corrected chi connectivity index (χ2v) is 7.16. The maximum atomic E-state index is 14.5. The Balaban J connectivity index is 1.38. The highest BCUT2D eigenvalue weighted by Crippen LogP contribution is 2.40. The fourth-order valence-corrected chi connectivity index (χ4v) is 3.71. The first-order valence-corrected chi connectivity index (χ1v) is 8.79. The van der Waals surface area contributed by atoms with Gasteiger partial charge in [-0.1, -0.05) is 0 Å². The van der Waals surface area contributed by atoms with E-state index in [0.717, 1.165) is 26.3 Å². The average molecular weight is 370 g/mol. The maximum absolute atomic E-state index is 14.5. The summed E-state index contributed by atoms with van der Waals surface area (Å²) in [7, 11) is 1.51. The van der Waals surface area contributed by atoms with Crippen molar-refractivity contribution >= 4 is 11.8 Å². The van der Waals surface area contributed by atoms with Gasteiger partial charge in [0.15, 0.2) is 5.82 Å². The second-order valence-electron chi connectivity index (χ2n) is 7.16. The fraction of sp³-hybridized carbons (Fsp3) is 0.368. The topological polar surface area (TPSA) is 60.0 Å². The fourth-order valence-electron chi connectivity index (χ4n) is 3.71. The quantitative estimate of drug-likeness (QED) is 0.819. The molecule has 4 heterocycles. The molecule has 1 aromatic heterocycles. The molecule has 0 amide bonds. The molecule has 27 heavy (non-hydrogen) atoms. The summed E-state index contributed by atoms with van der Waals surface area (Å²) in [5, 5.41) is 1.58. The van der Waals surface area contributed by atoms with Gasteiger partial charge in [0, 0.05) is 37.0 Å². The third kappa shape index (κ3) is 2.68. The molecular weight excluding hydrogens is 351 g/mol. The molecule has 2 aromatic rings. The minimum absolute atomic E-state index is 0.278. The van der Waals surface area contributed by atoms with E-state index in [9.17, 15) is 4.39 Å². The van der Waals surface area contributed by atoms with Gasteiger partial charge < -0.3 is 19.2 Å². The van der Waals surface area contributed by atoms with E-state index >= 15 is 0 Å². The third-order valence-electron chi connectivity index (χ3n) is 5.22. The molecule has 1 unspecified atom stereocenters. The standard InChI is InChI=1S/C19H19FN4O3/c1-25-13-2-3-14(15(20)8-13)16-5-7-27-24(16)17-4-6-21-18(22-17)23-9-19(10-23)11-26-12-19/h2-8,16H,9-12H2,1H3. The lowest BCUT2D eigenvalue weighted by Gasteiger charge is -2.54. The van der Waals surface area contributed by atoms with Crippen molar-refractivity contribution in [2.45, 2.75) is 6.04 Å². The van der Waals surface area contributed by atoms with Gasteiger partial charge in [-0.3, -0.25) is 0 Å². The first-order valence-electron chi connectivity index (χ1n) is 8.79. The Kier molecular flexibility index (Phi) is 3.68. The first kappa shape index (κ1) is 16.3. The molecule has 7 nitrogen and oxygen atoms in total. The van der Waals surface area contributed by atoms with Gasteiger partial charge in [0.25, 0.3) is 0 Å². The molecule has 2 fully saturated rings. The van der Waals surface area contributed by atoms with E-state index in [-0.39, 0.29) is 11.2 Å². The van der Waals surface area contributed by atoms with E-state index in [1.807, 2.05) is 0 Å². The highest BCUT2D eigenvalue weighted by atomic mass is 19.1. The Bertz CT molecular complexity index is 894. The number of ether oxygens (including phenoxy) is 2. The minimum Gasteiger partial charge on any atom is -0.497 e. The molecule has 5 rings (SSSR count). The van der Waals surface area contributed by atoms with Gasteiger partial charge >= 0.3 is 0 Å². The van der Waals surface area contributed by atoms with E-state index in [4.69, 9.17) is 14.3 Å². The van der Waals surface area contributed by atoms with Crippen LogP contribution in [-0.4, -0.2) is 43.4 Å². The molecule has 8 heteroatoms. The lowest BCUT2D eigenvalue weighted by molar-refractivity contribution is -0.127. The number of benzene rings is 1. The van der Waals surface area contributed by atoms with E-state index in [0.29, 0.717) is 23.1 Å². The van der Waals surface area contributed by atoms with Crippen LogP contribution < -0.4 is 14.7 Å². The smallest absolute Gasteiger partial charge is 0.227 e. The van der Waals surface area contributed by atoms with E-state index in [1.165, 1.54) is 13.2 Å². The van der Waals surface area contributed by atoms with Crippen LogP contribution in [0.25, 0.3) is 0 Å². The molecule has 3 aliphatic heterocycles. The monoisotopic (exact) mass is 370 g/mol. The van der Waals surface area contributed by atoms with Gasteiger partial charge in [-0.25, -0.2) is 9.37 Å². The number of hydrogen-bond donors (Lipinski definition) is 0. The Morgan fingerprint density at radius 2 is 2.11 bits per heavy atom. The zero-order valence-electron chi connectivity index (χ0n) is 14.8. The zero-order valence-corrected chi connectivity index (χ0v) is 14.8. The summed E-state index contributed by atoms with van der Waals surface area (Å²) in [5.74, 6) is 1.34. The Morgan fingerprint density at radius 3 is 2.81 bits per heavy atom. The predicted octanol–water partition coefficient (Wildman–Crippen LogP) is 2.47. The van der Waals surface area contributed by atoms with Crippen LogP contribution in [-0.2, 0) is 9.57 Å². The van der Waals surface area contributed by atoms with Crippen LogP contribution in [0.2, 0.25) is 0 Å². The van der Waals surface area contributed by atoms with Gasteiger partial charge in [-0.05, 0) is 18.2 Å². The number of halogens is 1. The highest BCUT2D eigenvalue weighted by molar-refractivity contribution is 5.49. The van der Waals surface area contributed by atoms with Crippen LogP contribution >= 0.6 is 0 Å². The number of rotatable bonds is 4. The summed E-state index contributed by atoms with van der Waals surface area (Å²) in [6.45, 7) is 3.40. The average Bonchev–Trinajstić information content (AvgIpc) is 3.09. The van der Waals surface area contributed by atoms with Crippen molar-refractivity contribution in [3.63, 3.8) is 0 Å². The minimum atomic E-state index is -0.415. The van der Waals surface area contributed by atoms with E-state index in [1.54, 1.807) is 41.8 Å². The lowest BCUT2D eigenvalue weighted by atomic mass is 9.78. The maximum Gasteiger partial charge on any atom is 0.227 e. The molecule has 0 saturated carbocycles. The van der Waals surface area contributed by atoms with Gasteiger partial charge in [0.1, 0.15) is 23.9 Å². The third-order valence-corrected chi connectivity index (χ3v) is 5.22. The number of aromatic nitrogens is 2. The van der Waals surface area contributed by atoms with Crippen molar-refractivity contribution in [3.05, 3.63) is 54.2 Å². The lowest BCUT2D eigenvalue weighted by Crippen LogP contribution is -2.66. The molecule has 0 N–H and O–H groups in total. The van der Waals surface area contributed by atoms with Gasteiger partial charge in [-0.2, -0.15) is 10.0 Å². The molecular formula is C19H19FN4O3. The summed E-state index contributed by atoms with van der Waals surface area (Å²) in [5.41, 5.74) is 0.763. The molecule has 1 aromatic carbocycles. The van der Waals surface area contributed by atoms with E-state index < -0.39 is 6.04 Å². The van der Waals surface area contributed by atoms with Crippen molar-refractivity contribution in [2.75, 3.05) is 43.4 Å². The summed E-state index contributed by atoms with van der Waals surface area (Å²) in [6, 6.07) is 6.14. The molecule has 140 valence electrons. The SMILES string of the molecule is COc1ccc(C2C=CON2c2ccnc(N3CC4(COC4)C3)n2)c(F)c1. The van der Waals surface area contributed by atoms with Gasteiger partial charge in [0.05, 0.1) is 25.7 Å². The van der Waals surface area contributed by atoms with Gasteiger partial charge in [-0.15, -0.1) is 0 Å². The number of anilines is 2. The normalized spacial score (nSPS) is 22.4. The number of hydrogen-bond acceptors (Lipinski definition) is 7. The second kappa shape index (κ2) is 6.09. The largest absolute Gasteiger partial charge is 0.497 e. The van der Waals surface area contributed by atoms with Crippen LogP contribution in [0, 0.1) is 11.2 Å². The summed E-state index contributed by atoms with van der Waals surface area (Å²) in [4.78, 5) is 16.7. The van der Waals surface area contributed by atoms with Crippen molar-refractivity contribution in [3.8, 4) is 5.75 Å². The summed E-state index contributed by atoms with van der Waals surface area (Å²) < 4.78 is 24.9. The molecule has 3 aliphatic rings. The van der Waals surface area contributed by atoms with Gasteiger partial charge in [0.2, 0.25) is 5.95 Å². The Morgan fingerprint density at radius 1 is 1.26 bits per heavy atom. The molecule has 0 radical (unpaired) electrons. The number of hydroxylamine groups is 1. The summed E-state index contributed by atoms with van der Waals surface area (Å²) in [6.07, 6.45) is 5.03. The first-order chi connectivity index (χ1) is 13.2. The van der Waals surface area contributed by atoms with Crippen LogP contribution in [0.1, 0.15) is 11.6 Å². The van der Waals surface area contributed by atoms with Crippen molar-refractivity contribution in [1.82, 2.24) is 9.97 Å². The van der Waals surface area contributed by atoms with Crippen molar-refractivity contribution < 1.29 is 18.7 Å². The van der Waals surface area contributed by atoms with Crippen LogP contribution in [0.15, 0.2) is 42.8 Å². The van der Waals surface area contributed by atoms with Crippen LogP contribution in [0.4, 0.5) is 16.2 Å². The Hall–Kier alpha value is -2.87. The highest BCUT2D eigenvalue weighted by Gasteiger charge is 2.50. The molecule has 1 spiro atoms. The Labute approximate surface area is 155 Å². The zero-order chi connectivity index (χ0) is 18.4. The molecule has 0 aliphatic carbocycles. The summed E-state index contributed by atoms with van der Waals surface area (Å²) >= 11 is 0. The molecule has 1 atom stereocenters.